The fourth-order valence-electron chi connectivity index (χ4n) is 1.33. The molecule has 4 heteroatoms. The van der Waals surface area contributed by atoms with E-state index in [0.717, 1.165) is 6.42 Å². The smallest absolute Gasteiger partial charge is 0.253 e. The Labute approximate surface area is 96.3 Å². The predicted octanol–water partition coefficient (Wildman–Crippen LogP) is 1.83. The number of carbonyl (C=O) groups is 1. The van der Waals surface area contributed by atoms with E-state index in [1.54, 1.807) is 12.1 Å². The Morgan fingerprint density at radius 1 is 1.50 bits per heavy atom. The number of nitrogens with one attached hydrogen (secondary N) is 1. The lowest BCUT2D eigenvalue weighted by Gasteiger charge is -2.19. The SMILES string of the molecule is CCC(C)C(C)NC(=O)c1ccc(N)nc1. The van der Waals surface area contributed by atoms with Crippen LogP contribution in [0.25, 0.3) is 0 Å². The topological polar surface area (TPSA) is 68.0 Å². The molecule has 3 N–H and O–H groups in total. The second-order valence-electron chi connectivity index (χ2n) is 4.12. The van der Waals surface area contributed by atoms with Crippen molar-refractivity contribution in [3.63, 3.8) is 0 Å². The lowest BCUT2D eigenvalue weighted by molar-refractivity contribution is 0.0928. The number of anilines is 1. The Morgan fingerprint density at radius 3 is 2.69 bits per heavy atom. The van der Waals surface area contributed by atoms with E-state index >= 15 is 0 Å². The van der Waals surface area contributed by atoms with E-state index in [1.807, 2.05) is 6.92 Å². The summed E-state index contributed by atoms with van der Waals surface area (Å²) < 4.78 is 0. The summed E-state index contributed by atoms with van der Waals surface area (Å²) in [5, 5.41) is 2.95. The number of hydrogen-bond acceptors (Lipinski definition) is 3. The maximum atomic E-state index is 11.8. The van der Waals surface area contributed by atoms with Crippen LogP contribution in [0.4, 0.5) is 5.82 Å². The molecule has 0 radical (unpaired) electrons. The van der Waals surface area contributed by atoms with Crippen molar-refractivity contribution in [2.45, 2.75) is 33.2 Å². The average Bonchev–Trinajstić information content (AvgIpc) is 2.28. The molecular formula is C12H19N3O. The molecule has 0 aliphatic rings. The van der Waals surface area contributed by atoms with Gasteiger partial charge in [-0.25, -0.2) is 4.98 Å². The molecule has 1 aromatic rings. The van der Waals surface area contributed by atoms with Crippen molar-refractivity contribution >= 4 is 11.7 Å². The number of nitrogens with two attached hydrogens (primary N) is 1. The molecule has 88 valence electrons. The molecule has 0 saturated carbocycles. The molecule has 0 aliphatic heterocycles. The summed E-state index contributed by atoms with van der Waals surface area (Å²) in [6, 6.07) is 3.47. The Hall–Kier alpha value is -1.58. The van der Waals surface area contributed by atoms with Crippen LogP contribution in [0.5, 0.6) is 0 Å². The number of rotatable bonds is 4. The van der Waals surface area contributed by atoms with Gasteiger partial charge in [-0.15, -0.1) is 0 Å². The van der Waals surface area contributed by atoms with Gasteiger partial charge in [0.25, 0.3) is 5.91 Å². The first kappa shape index (κ1) is 12.5. The second-order valence-corrected chi connectivity index (χ2v) is 4.12. The number of pyridine rings is 1. The van der Waals surface area contributed by atoms with Crippen molar-refractivity contribution in [1.29, 1.82) is 0 Å². The van der Waals surface area contributed by atoms with Crippen LogP contribution < -0.4 is 11.1 Å². The van der Waals surface area contributed by atoms with Crippen LogP contribution in [0.3, 0.4) is 0 Å². The highest BCUT2D eigenvalue weighted by Crippen LogP contribution is 2.08. The van der Waals surface area contributed by atoms with Crippen LogP contribution in [-0.4, -0.2) is 16.9 Å². The quantitative estimate of drug-likeness (QED) is 0.815. The standard InChI is InChI=1S/C12H19N3O/c1-4-8(2)9(3)15-12(16)10-5-6-11(13)14-7-10/h5-9H,4H2,1-3H3,(H2,13,14)(H,15,16). The minimum atomic E-state index is -0.0969. The highest BCUT2D eigenvalue weighted by Gasteiger charge is 2.14. The summed E-state index contributed by atoms with van der Waals surface area (Å²) in [5.41, 5.74) is 6.00. The molecule has 16 heavy (non-hydrogen) atoms. The number of amides is 1. The van der Waals surface area contributed by atoms with Gasteiger partial charge >= 0.3 is 0 Å². The molecule has 0 spiro atoms. The minimum absolute atomic E-state index is 0.0969. The van der Waals surface area contributed by atoms with Gasteiger partial charge in [0.2, 0.25) is 0 Å². The molecule has 0 fully saturated rings. The highest BCUT2D eigenvalue weighted by atomic mass is 16.1. The van der Waals surface area contributed by atoms with Gasteiger partial charge in [0.15, 0.2) is 0 Å². The number of nitrogen functional groups attached to an aromatic ring is 1. The zero-order valence-electron chi connectivity index (χ0n) is 10.0. The van der Waals surface area contributed by atoms with E-state index < -0.39 is 0 Å². The maximum absolute atomic E-state index is 11.8. The Morgan fingerprint density at radius 2 is 2.19 bits per heavy atom. The van der Waals surface area contributed by atoms with Crippen molar-refractivity contribution in [1.82, 2.24) is 10.3 Å². The van der Waals surface area contributed by atoms with Gasteiger partial charge in [0.05, 0.1) is 5.56 Å². The average molecular weight is 221 g/mol. The van der Waals surface area contributed by atoms with Crippen molar-refractivity contribution in [2.75, 3.05) is 5.73 Å². The summed E-state index contributed by atoms with van der Waals surface area (Å²) in [4.78, 5) is 15.7. The van der Waals surface area contributed by atoms with Gasteiger partial charge in [0.1, 0.15) is 5.82 Å². The van der Waals surface area contributed by atoms with Gasteiger partial charge in [-0.2, -0.15) is 0 Å². The number of aromatic nitrogens is 1. The van der Waals surface area contributed by atoms with E-state index in [0.29, 0.717) is 17.3 Å². The van der Waals surface area contributed by atoms with Gasteiger partial charge in [-0.05, 0) is 25.0 Å². The predicted molar refractivity (Wildman–Crippen MR) is 65.0 cm³/mol. The Balaban J connectivity index is 2.62. The zero-order valence-corrected chi connectivity index (χ0v) is 10.0. The van der Waals surface area contributed by atoms with Gasteiger partial charge in [0, 0.05) is 12.2 Å². The Kier molecular flexibility index (Phi) is 4.28. The summed E-state index contributed by atoms with van der Waals surface area (Å²) in [6.45, 7) is 6.24. The molecule has 1 amide bonds. The van der Waals surface area contributed by atoms with Crippen LogP contribution in [0.15, 0.2) is 18.3 Å². The third-order valence-corrected chi connectivity index (χ3v) is 2.90. The van der Waals surface area contributed by atoms with E-state index in [9.17, 15) is 4.79 Å². The van der Waals surface area contributed by atoms with Crippen LogP contribution in [0.1, 0.15) is 37.6 Å². The normalized spacial score (nSPS) is 14.2. The third kappa shape index (κ3) is 3.22. The minimum Gasteiger partial charge on any atom is -0.384 e. The van der Waals surface area contributed by atoms with Crippen molar-refractivity contribution in [3.05, 3.63) is 23.9 Å². The Bertz CT molecular complexity index is 348. The fourth-order valence-corrected chi connectivity index (χ4v) is 1.33. The molecule has 1 rings (SSSR count). The molecular weight excluding hydrogens is 202 g/mol. The van der Waals surface area contributed by atoms with Crippen molar-refractivity contribution in [3.8, 4) is 0 Å². The van der Waals surface area contributed by atoms with E-state index in [2.05, 4.69) is 24.1 Å². The van der Waals surface area contributed by atoms with E-state index in [1.165, 1.54) is 6.20 Å². The first-order valence-electron chi connectivity index (χ1n) is 5.57. The first-order chi connectivity index (χ1) is 7.54. The molecule has 0 aromatic carbocycles. The summed E-state index contributed by atoms with van der Waals surface area (Å²) in [5.74, 6) is 0.789. The summed E-state index contributed by atoms with van der Waals surface area (Å²) in [6.07, 6.45) is 2.54. The number of hydrogen-bond donors (Lipinski definition) is 2. The van der Waals surface area contributed by atoms with E-state index in [4.69, 9.17) is 5.73 Å². The van der Waals surface area contributed by atoms with Crippen LogP contribution in [-0.2, 0) is 0 Å². The van der Waals surface area contributed by atoms with Crippen molar-refractivity contribution in [2.24, 2.45) is 5.92 Å². The second kappa shape index (κ2) is 5.49. The molecule has 1 heterocycles. The van der Waals surface area contributed by atoms with Crippen LogP contribution in [0, 0.1) is 5.92 Å². The van der Waals surface area contributed by atoms with E-state index in [-0.39, 0.29) is 11.9 Å². The van der Waals surface area contributed by atoms with Crippen LogP contribution >= 0.6 is 0 Å². The molecule has 2 unspecified atom stereocenters. The molecule has 1 aromatic heterocycles. The molecule has 0 bridgehead atoms. The lowest BCUT2D eigenvalue weighted by atomic mass is 10.0. The maximum Gasteiger partial charge on any atom is 0.253 e. The van der Waals surface area contributed by atoms with Gasteiger partial charge in [-0.1, -0.05) is 20.3 Å². The largest absolute Gasteiger partial charge is 0.384 e. The van der Waals surface area contributed by atoms with Crippen molar-refractivity contribution < 1.29 is 4.79 Å². The summed E-state index contributed by atoms with van der Waals surface area (Å²) in [7, 11) is 0. The lowest BCUT2D eigenvalue weighted by Crippen LogP contribution is -2.36. The number of nitrogens with zero attached hydrogens (tertiary/aromatic N) is 1. The molecule has 0 aliphatic carbocycles. The summed E-state index contributed by atoms with van der Waals surface area (Å²) >= 11 is 0. The number of carbonyl (C=O) groups excluding carboxylic acids is 1. The van der Waals surface area contributed by atoms with Gasteiger partial charge in [-0.3, -0.25) is 4.79 Å². The van der Waals surface area contributed by atoms with Gasteiger partial charge < -0.3 is 11.1 Å². The fraction of sp³-hybridized carbons (Fsp3) is 0.500. The molecule has 4 nitrogen and oxygen atoms in total. The third-order valence-electron chi connectivity index (χ3n) is 2.90. The first-order valence-corrected chi connectivity index (χ1v) is 5.57. The zero-order chi connectivity index (χ0) is 12.1. The highest BCUT2D eigenvalue weighted by molar-refractivity contribution is 5.94. The van der Waals surface area contributed by atoms with Crippen LogP contribution in [0.2, 0.25) is 0 Å². The molecule has 0 saturated heterocycles. The monoisotopic (exact) mass is 221 g/mol. The molecule has 2 atom stereocenters.